The highest BCUT2D eigenvalue weighted by Crippen LogP contribution is 2.38. The molecule has 6 nitrogen and oxygen atoms in total. The summed E-state index contributed by atoms with van der Waals surface area (Å²) in [7, 11) is 0. The SMILES string of the molecule is CCNC(=NCCCC(=O)N1CCc2ccccc21)N1CCC2(CCOC2)C1. The number of ether oxygens (including phenoxy) is 1. The molecule has 152 valence electrons. The molecular formula is C22H32N4O2. The Kier molecular flexibility index (Phi) is 5.85. The summed E-state index contributed by atoms with van der Waals surface area (Å²) in [6.45, 7) is 8.31. The molecule has 1 aromatic rings. The molecular weight excluding hydrogens is 352 g/mol. The molecule has 4 rings (SSSR count). The van der Waals surface area contributed by atoms with E-state index in [1.54, 1.807) is 0 Å². The molecule has 2 fully saturated rings. The molecule has 0 radical (unpaired) electrons. The van der Waals surface area contributed by atoms with Gasteiger partial charge in [0.2, 0.25) is 5.91 Å². The van der Waals surface area contributed by atoms with Gasteiger partial charge in [0.15, 0.2) is 5.96 Å². The predicted octanol–water partition coefficient (Wildman–Crippen LogP) is 2.43. The Morgan fingerprint density at radius 1 is 1.29 bits per heavy atom. The van der Waals surface area contributed by atoms with Crippen molar-refractivity contribution in [2.45, 2.75) is 39.0 Å². The number of fused-ring (bicyclic) bond motifs is 1. The molecule has 0 aromatic heterocycles. The Labute approximate surface area is 167 Å². The number of carbonyl (C=O) groups is 1. The third kappa shape index (κ3) is 4.02. The van der Waals surface area contributed by atoms with Crippen LogP contribution >= 0.6 is 0 Å². The molecule has 1 atom stereocenters. The van der Waals surface area contributed by atoms with Crippen molar-refractivity contribution in [3.63, 3.8) is 0 Å². The fourth-order valence-corrected chi connectivity index (χ4v) is 4.66. The van der Waals surface area contributed by atoms with Gasteiger partial charge in [-0.25, -0.2) is 0 Å². The second-order valence-corrected chi connectivity index (χ2v) is 8.24. The number of carbonyl (C=O) groups excluding carboxylic acids is 1. The number of hydrogen-bond acceptors (Lipinski definition) is 3. The molecule has 1 unspecified atom stereocenters. The van der Waals surface area contributed by atoms with Crippen molar-refractivity contribution in [2.24, 2.45) is 10.4 Å². The Bertz CT molecular complexity index is 727. The predicted molar refractivity (Wildman–Crippen MR) is 112 cm³/mol. The standard InChI is InChI=1S/C22H32N4O2/c1-2-23-21(25-14-10-22(16-25)11-15-28-17-22)24-12-5-8-20(27)26-13-9-18-6-3-4-7-19(18)26/h3-4,6-7H,2,5,8-17H2,1H3,(H,23,24). The Balaban J connectivity index is 1.28. The maximum atomic E-state index is 12.6. The van der Waals surface area contributed by atoms with Gasteiger partial charge < -0.3 is 19.9 Å². The average Bonchev–Trinajstić information content (AvgIpc) is 3.45. The van der Waals surface area contributed by atoms with Gasteiger partial charge in [-0.1, -0.05) is 18.2 Å². The number of likely N-dealkylation sites (tertiary alicyclic amines) is 1. The lowest BCUT2D eigenvalue weighted by Crippen LogP contribution is -2.41. The molecule has 28 heavy (non-hydrogen) atoms. The van der Waals surface area contributed by atoms with Gasteiger partial charge in [0, 0.05) is 56.9 Å². The van der Waals surface area contributed by atoms with Gasteiger partial charge in [-0.15, -0.1) is 0 Å². The van der Waals surface area contributed by atoms with E-state index in [4.69, 9.17) is 9.73 Å². The lowest BCUT2D eigenvalue weighted by Gasteiger charge is -2.25. The molecule has 1 amide bonds. The average molecular weight is 385 g/mol. The molecule has 1 spiro atoms. The van der Waals surface area contributed by atoms with Crippen LogP contribution in [0.4, 0.5) is 5.69 Å². The van der Waals surface area contributed by atoms with Gasteiger partial charge in [0.1, 0.15) is 0 Å². The molecule has 6 heteroatoms. The Hall–Kier alpha value is -2.08. The van der Waals surface area contributed by atoms with E-state index in [9.17, 15) is 4.79 Å². The Morgan fingerprint density at radius 3 is 3.00 bits per heavy atom. The third-order valence-electron chi connectivity index (χ3n) is 6.26. The van der Waals surface area contributed by atoms with E-state index in [0.717, 1.165) is 70.3 Å². The van der Waals surface area contributed by atoms with Gasteiger partial charge in [-0.2, -0.15) is 0 Å². The Morgan fingerprint density at radius 2 is 2.18 bits per heavy atom. The highest BCUT2D eigenvalue weighted by Gasteiger charge is 2.42. The zero-order chi connectivity index (χ0) is 19.4. The van der Waals surface area contributed by atoms with Crippen LogP contribution in [0.5, 0.6) is 0 Å². The summed E-state index contributed by atoms with van der Waals surface area (Å²) < 4.78 is 5.64. The molecule has 3 aliphatic rings. The van der Waals surface area contributed by atoms with Gasteiger partial charge in [0.05, 0.1) is 6.61 Å². The van der Waals surface area contributed by atoms with E-state index in [-0.39, 0.29) is 5.91 Å². The van der Waals surface area contributed by atoms with Crippen LogP contribution in [0, 0.1) is 5.41 Å². The van der Waals surface area contributed by atoms with Crippen molar-refractivity contribution in [3.05, 3.63) is 29.8 Å². The maximum absolute atomic E-state index is 12.6. The number of aliphatic imine (C=N–C) groups is 1. The fourth-order valence-electron chi connectivity index (χ4n) is 4.66. The molecule has 0 saturated carbocycles. The number of para-hydroxylation sites is 1. The van der Waals surface area contributed by atoms with Crippen LogP contribution in [0.25, 0.3) is 0 Å². The molecule has 0 aliphatic carbocycles. The third-order valence-corrected chi connectivity index (χ3v) is 6.26. The van der Waals surface area contributed by atoms with Crippen molar-refractivity contribution in [1.29, 1.82) is 0 Å². The van der Waals surface area contributed by atoms with E-state index >= 15 is 0 Å². The normalized spacial score (nSPS) is 24.2. The first-order valence-electron chi connectivity index (χ1n) is 10.7. The quantitative estimate of drug-likeness (QED) is 0.481. The van der Waals surface area contributed by atoms with Gasteiger partial charge >= 0.3 is 0 Å². The monoisotopic (exact) mass is 384 g/mol. The first-order valence-corrected chi connectivity index (χ1v) is 10.7. The van der Waals surface area contributed by atoms with E-state index < -0.39 is 0 Å². The highest BCUT2D eigenvalue weighted by molar-refractivity contribution is 5.95. The van der Waals surface area contributed by atoms with Crippen LogP contribution in [-0.2, 0) is 16.0 Å². The summed E-state index contributed by atoms with van der Waals surface area (Å²) >= 11 is 0. The van der Waals surface area contributed by atoms with E-state index in [1.165, 1.54) is 12.0 Å². The van der Waals surface area contributed by atoms with Crippen molar-refractivity contribution in [3.8, 4) is 0 Å². The number of anilines is 1. The molecule has 2 saturated heterocycles. The number of hydrogen-bond donors (Lipinski definition) is 1. The van der Waals surface area contributed by atoms with E-state index in [1.807, 2.05) is 17.0 Å². The molecule has 1 aromatic carbocycles. The van der Waals surface area contributed by atoms with Gasteiger partial charge in [-0.3, -0.25) is 9.79 Å². The summed E-state index contributed by atoms with van der Waals surface area (Å²) in [5.41, 5.74) is 2.70. The number of nitrogens with one attached hydrogen (secondary N) is 1. The summed E-state index contributed by atoms with van der Waals surface area (Å²) in [4.78, 5) is 21.8. The van der Waals surface area contributed by atoms with Crippen LogP contribution < -0.4 is 10.2 Å². The minimum absolute atomic E-state index is 0.216. The number of guanidine groups is 1. The first kappa shape index (κ1) is 19.2. The second kappa shape index (κ2) is 8.52. The van der Waals surface area contributed by atoms with Crippen LogP contribution in [-0.4, -0.2) is 62.7 Å². The molecule has 3 aliphatic heterocycles. The largest absolute Gasteiger partial charge is 0.381 e. The van der Waals surface area contributed by atoms with Crippen molar-refractivity contribution in [1.82, 2.24) is 10.2 Å². The number of amides is 1. The van der Waals surface area contributed by atoms with Gasteiger partial charge in [0.25, 0.3) is 0 Å². The molecule has 1 N–H and O–H groups in total. The van der Waals surface area contributed by atoms with E-state index in [0.29, 0.717) is 18.4 Å². The van der Waals surface area contributed by atoms with Crippen LogP contribution in [0.15, 0.2) is 29.3 Å². The zero-order valence-electron chi connectivity index (χ0n) is 17.0. The minimum Gasteiger partial charge on any atom is -0.381 e. The smallest absolute Gasteiger partial charge is 0.227 e. The number of benzene rings is 1. The summed E-state index contributed by atoms with van der Waals surface area (Å²) in [5.74, 6) is 1.21. The summed E-state index contributed by atoms with van der Waals surface area (Å²) in [6.07, 6.45) is 4.65. The fraction of sp³-hybridized carbons (Fsp3) is 0.636. The van der Waals surface area contributed by atoms with Crippen LogP contribution in [0.2, 0.25) is 0 Å². The van der Waals surface area contributed by atoms with Gasteiger partial charge in [-0.05, 0) is 44.2 Å². The minimum atomic E-state index is 0.216. The first-order chi connectivity index (χ1) is 13.7. The zero-order valence-corrected chi connectivity index (χ0v) is 17.0. The number of rotatable bonds is 5. The van der Waals surface area contributed by atoms with E-state index in [2.05, 4.69) is 29.3 Å². The topological polar surface area (TPSA) is 57.2 Å². The summed E-state index contributed by atoms with van der Waals surface area (Å²) in [5, 5.41) is 3.43. The number of nitrogens with zero attached hydrogens (tertiary/aromatic N) is 3. The van der Waals surface area contributed by atoms with Crippen LogP contribution in [0.3, 0.4) is 0 Å². The maximum Gasteiger partial charge on any atom is 0.227 e. The second-order valence-electron chi connectivity index (χ2n) is 8.24. The molecule has 0 bridgehead atoms. The van der Waals surface area contributed by atoms with Crippen molar-refractivity contribution in [2.75, 3.05) is 50.8 Å². The lowest BCUT2D eigenvalue weighted by atomic mass is 9.87. The molecule has 3 heterocycles. The van der Waals surface area contributed by atoms with Crippen molar-refractivity contribution >= 4 is 17.6 Å². The lowest BCUT2D eigenvalue weighted by molar-refractivity contribution is -0.118. The summed E-state index contributed by atoms with van der Waals surface area (Å²) in [6, 6.07) is 8.23. The highest BCUT2D eigenvalue weighted by atomic mass is 16.5. The van der Waals surface area contributed by atoms with Crippen molar-refractivity contribution < 1.29 is 9.53 Å². The van der Waals surface area contributed by atoms with Crippen LogP contribution in [0.1, 0.15) is 38.2 Å².